The molecule has 1 fully saturated rings. The van der Waals surface area contributed by atoms with Gasteiger partial charge in [-0.05, 0) is 33.1 Å². The van der Waals surface area contributed by atoms with E-state index in [1.165, 1.54) is 24.2 Å². The second kappa shape index (κ2) is 5.52. The van der Waals surface area contributed by atoms with E-state index in [2.05, 4.69) is 0 Å². The lowest BCUT2D eigenvalue weighted by atomic mass is 9.83. The number of likely N-dealkylation sites (N-methyl/N-ethyl adjacent to an activating group) is 1. The third-order valence-electron chi connectivity index (χ3n) is 3.02. The molecule has 1 rings (SSSR count). The van der Waals surface area contributed by atoms with Crippen molar-refractivity contribution >= 4 is 11.9 Å². The normalized spacial score (nSPS) is 16.2. The molecule has 1 aliphatic rings. The molecule has 4 heteroatoms. The van der Waals surface area contributed by atoms with Gasteiger partial charge in [0.2, 0.25) is 0 Å². The van der Waals surface area contributed by atoms with Crippen molar-refractivity contribution in [2.75, 3.05) is 13.6 Å². The lowest BCUT2D eigenvalue weighted by Gasteiger charge is -2.28. The van der Waals surface area contributed by atoms with Crippen LogP contribution in [-0.2, 0) is 14.3 Å². The van der Waals surface area contributed by atoms with Crippen molar-refractivity contribution in [3.8, 4) is 0 Å². The first-order valence-corrected chi connectivity index (χ1v) is 6.28. The van der Waals surface area contributed by atoms with Crippen LogP contribution >= 0.6 is 0 Å². The van der Waals surface area contributed by atoms with E-state index in [4.69, 9.17) is 4.74 Å². The summed E-state index contributed by atoms with van der Waals surface area (Å²) in [5.41, 5.74) is -0.610. The van der Waals surface area contributed by atoms with Crippen LogP contribution in [0.15, 0.2) is 0 Å². The average Bonchev–Trinajstić information content (AvgIpc) is 2.11. The smallest absolute Gasteiger partial charge is 0.397 e. The van der Waals surface area contributed by atoms with Crippen molar-refractivity contribution in [3.05, 3.63) is 0 Å². The fourth-order valence-electron chi connectivity index (χ4n) is 1.74. The number of rotatable bonds is 3. The summed E-state index contributed by atoms with van der Waals surface area (Å²) >= 11 is 0. The second-order valence-corrected chi connectivity index (χ2v) is 5.81. The van der Waals surface area contributed by atoms with E-state index in [-0.39, 0.29) is 0 Å². The molecule has 0 saturated heterocycles. The summed E-state index contributed by atoms with van der Waals surface area (Å²) in [6.07, 6.45) is 4.81. The van der Waals surface area contributed by atoms with Gasteiger partial charge in [-0.3, -0.25) is 4.79 Å². The van der Waals surface area contributed by atoms with Crippen molar-refractivity contribution in [2.45, 2.75) is 52.1 Å². The average molecular weight is 241 g/mol. The van der Waals surface area contributed by atoms with Gasteiger partial charge in [0.15, 0.2) is 0 Å². The molecule has 0 aliphatic heterocycles. The Labute approximate surface area is 103 Å². The molecule has 98 valence electrons. The van der Waals surface area contributed by atoms with Gasteiger partial charge in [0, 0.05) is 13.6 Å². The quantitative estimate of drug-likeness (QED) is 0.560. The molecule has 1 amide bonds. The molecular formula is C13H23NO3. The van der Waals surface area contributed by atoms with Crippen molar-refractivity contribution < 1.29 is 14.3 Å². The number of esters is 1. The Morgan fingerprint density at radius 1 is 1.29 bits per heavy atom. The van der Waals surface area contributed by atoms with Crippen LogP contribution in [0.25, 0.3) is 0 Å². The highest BCUT2D eigenvalue weighted by molar-refractivity contribution is 6.32. The topological polar surface area (TPSA) is 46.6 Å². The Morgan fingerprint density at radius 3 is 2.29 bits per heavy atom. The van der Waals surface area contributed by atoms with Crippen molar-refractivity contribution in [1.82, 2.24) is 4.90 Å². The van der Waals surface area contributed by atoms with Crippen LogP contribution in [0.1, 0.15) is 46.5 Å². The van der Waals surface area contributed by atoms with Crippen LogP contribution in [0.3, 0.4) is 0 Å². The number of carbonyl (C=O) groups is 2. The lowest BCUT2D eigenvalue weighted by molar-refractivity contribution is -0.167. The Kier molecular flexibility index (Phi) is 4.54. The minimum Gasteiger partial charge on any atom is -0.453 e. The maximum absolute atomic E-state index is 11.7. The largest absolute Gasteiger partial charge is 0.453 e. The first kappa shape index (κ1) is 14.0. The number of nitrogens with zero attached hydrogens (tertiary/aromatic N) is 1. The first-order chi connectivity index (χ1) is 7.79. The summed E-state index contributed by atoms with van der Waals surface area (Å²) in [5, 5.41) is 0. The van der Waals surface area contributed by atoms with Crippen molar-refractivity contribution in [1.29, 1.82) is 0 Å². The summed E-state index contributed by atoms with van der Waals surface area (Å²) in [6, 6.07) is 0. The molecule has 0 aromatic rings. The highest BCUT2D eigenvalue weighted by atomic mass is 16.6. The predicted molar refractivity (Wildman–Crippen MR) is 65.4 cm³/mol. The standard InChI is InChI=1S/C13H23NO3/c1-13(2,3)17-12(16)11(15)14(4)9-8-10-6-5-7-10/h10H,5-9H2,1-4H3. The van der Waals surface area contributed by atoms with Gasteiger partial charge < -0.3 is 9.64 Å². The van der Waals surface area contributed by atoms with E-state index in [1.54, 1.807) is 27.8 Å². The molecule has 0 atom stereocenters. The third kappa shape index (κ3) is 4.75. The van der Waals surface area contributed by atoms with E-state index in [1.807, 2.05) is 0 Å². The van der Waals surface area contributed by atoms with Gasteiger partial charge in [0.25, 0.3) is 0 Å². The van der Waals surface area contributed by atoms with Gasteiger partial charge in [-0.15, -0.1) is 0 Å². The van der Waals surface area contributed by atoms with Crippen LogP contribution in [-0.4, -0.2) is 36.0 Å². The highest BCUT2D eigenvalue weighted by Crippen LogP contribution is 2.29. The molecule has 17 heavy (non-hydrogen) atoms. The molecule has 1 saturated carbocycles. The zero-order chi connectivity index (χ0) is 13.1. The van der Waals surface area contributed by atoms with Gasteiger partial charge in [-0.1, -0.05) is 19.3 Å². The summed E-state index contributed by atoms with van der Waals surface area (Å²) in [5.74, 6) is -0.559. The molecular weight excluding hydrogens is 218 g/mol. The number of hydrogen-bond acceptors (Lipinski definition) is 3. The van der Waals surface area contributed by atoms with Crippen molar-refractivity contribution in [2.24, 2.45) is 5.92 Å². The van der Waals surface area contributed by atoms with E-state index in [9.17, 15) is 9.59 Å². The van der Waals surface area contributed by atoms with Gasteiger partial charge in [-0.25, -0.2) is 4.79 Å². The summed E-state index contributed by atoms with van der Waals surface area (Å²) in [6.45, 7) is 5.91. The number of hydrogen-bond donors (Lipinski definition) is 0. The monoisotopic (exact) mass is 241 g/mol. The number of carbonyl (C=O) groups excluding carboxylic acids is 2. The first-order valence-electron chi connectivity index (χ1n) is 6.28. The molecule has 0 heterocycles. The third-order valence-corrected chi connectivity index (χ3v) is 3.02. The summed E-state index contributed by atoms with van der Waals surface area (Å²) < 4.78 is 5.04. The van der Waals surface area contributed by atoms with E-state index < -0.39 is 17.5 Å². The van der Waals surface area contributed by atoms with Gasteiger partial charge in [-0.2, -0.15) is 0 Å². The zero-order valence-electron chi connectivity index (χ0n) is 11.3. The summed E-state index contributed by atoms with van der Waals surface area (Å²) in [4.78, 5) is 24.7. The second-order valence-electron chi connectivity index (χ2n) is 5.81. The van der Waals surface area contributed by atoms with E-state index in [0.29, 0.717) is 6.54 Å². The molecule has 0 spiro atoms. The number of amides is 1. The van der Waals surface area contributed by atoms with Crippen LogP contribution < -0.4 is 0 Å². The van der Waals surface area contributed by atoms with E-state index in [0.717, 1.165) is 12.3 Å². The molecule has 1 aliphatic carbocycles. The number of ether oxygens (including phenoxy) is 1. The maximum atomic E-state index is 11.7. The molecule has 0 N–H and O–H groups in total. The molecule has 0 aromatic heterocycles. The Balaban J connectivity index is 2.31. The molecule has 0 aromatic carbocycles. The van der Waals surface area contributed by atoms with Gasteiger partial charge in [0.1, 0.15) is 5.60 Å². The Morgan fingerprint density at radius 2 is 1.88 bits per heavy atom. The van der Waals surface area contributed by atoms with E-state index >= 15 is 0 Å². The minimum atomic E-state index is -0.756. The lowest BCUT2D eigenvalue weighted by Crippen LogP contribution is -2.39. The van der Waals surface area contributed by atoms with Crippen molar-refractivity contribution in [3.63, 3.8) is 0 Å². The SMILES string of the molecule is CN(CCC1CCC1)C(=O)C(=O)OC(C)(C)C. The predicted octanol–water partition coefficient (Wildman–Crippen LogP) is 1.98. The van der Waals surface area contributed by atoms with Crippen LogP contribution in [0, 0.1) is 5.92 Å². The molecule has 0 unspecified atom stereocenters. The Bertz CT molecular complexity index is 290. The highest BCUT2D eigenvalue weighted by Gasteiger charge is 2.26. The minimum absolute atomic E-state index is 0.542. The van der Waals surface area contributed by atoms with Crippen LogP contribution in [0.2, 0.25) is 0 Å². The molecule has 0 bridgehead atoms. The van der Waals surface area contributed by atoms with Crippen LogP contribution in [0.5, 0.6) is 0 Å². The fraction of sp³-hybridized carbons (Fsp3) is 0.846. The summed E-state index contributed by atoms with van der Waals surface area (Å²) in [7, 11) is 1.66. The molecule has 4 nitrogen and oxygen atoms in total. The van der Waals surface area contributed by atoms with Gasteiger partial charge >= 0.3 is 11.9 Å². The maximum Gasteiger partial charge on any atom is 0.397 e. The van der Waals surface area contributed by atoms with Gasteiger partial charge in [0.05, 0.1) is 0 Å². The molecule has 0 radical (unpaired) electrons. The Hall–Kier alpha value is -1.06. The van der Waals surface area contributed by atoms with Crippen LogP contribution in [0.4, 0.5) is 0 Å². The fourth-order valence-corrected chi connectivity index (χ4v) is 1.74. The zero-order valence-corrected chi connectivity index (χ0v) is 11.3.